The minimum atomic E-state index is -0.170. The molecule has 0 radical (unpaired) electrons. The molecule has 1 aliphatic rings. The first kappa shape index (κ1) is 16.0. The number of nitrogens with two attached hydrogens (primary N) is 1. The Kier molecular flexibility index (Phi) is 5.78. The van der Waals surface area contributed by atoms with Crippen LogP contribution in [0.4, 0.5) is 0 Å². The number of carbonyl (C=O) groups is 1. The molecule has 1 saturated heterocycles. The molecule has 1 amide bonds. The summed E-state index contributed by atoms with van der Waals surface area (Å²) in [6.45, 7) is 1.28. The number of halogens is 1. The summed E-state index contributed by atoms with van der Waals surface area (Å²) in [6.07, 6.45) is 1.66. The molecule has 0 unspecified atom stereocenters. The van der Waals surface area contributed by atoms with Gasteiger partial charge in [0.25, 0.3) is 5.91 Å². The highest BCUT2D eigenvalue weighted by molar-refractivity contribution is 7.80. The molecule has 1 aromatic rings. The zero-order valence-corrected chi connectivity index (χ0v) is 13.0. The smallest absolute Gasteiger partial charge is 0.258 e. The summed E-state index contributed by atoms with van der Waals surface area (Å²) in [5.74, 6) is 0.259. The molecule has 7 heteroatoms. The Morgan fingerprint density at radius 3 is 2.81 bits per heavy atom. The Hall–Kier alpha value is -1.37. The van der Waals surface area contributed by atoms with E-state index in [4.69, 9.17) is 39.0 Å². The Labute approximate surface area is 133 Å². The average molecular weight is 329 g/mol. The topological polar surface area (TPSA) is 73.6 Å². The molecule has 2 rings (SSSR count). The van der Waals surface area contributed by atoms with E-state index in [0.717, 1.165) is 12.8 Å². The van der Waals surface area contributed by atoms with E-state index in [1.54, 1.807) is 18.2 Å². The van der Waals surface area contributed by atoms with Gasteiger partial charge in [0.05, 0.1) is 5.02 Å². The van der Waals surface area contributed by atoms with Gasteiger partial charge < -0.3 is 20.5 Å². The molecule has 0 spiro atoms. The first-order valence-corrected chi connectivity index (χ1v) is 7.44. The number of rotatable bonds is 5. The van der Waals surface area contributed by atoms with Crippen LogP contribution < -0.4 is 15.8 Å². The third-order valence-corrected chi connectivity index (χ3v) is 3.69. The number of thiocarbonyl (C=S) groups is 1. The zero-order chi connectivity index (χ0) is 15.2. The van der Waals surface area contributed by atoms with Crippen molar-refractivity contribution in [1.29, 1.82) is 0 Å². The number of carbonyl (C=O) groups excluding carboxylic acids is 1. The lowest BCUT2D eigenvalue weighted by Gasteiger charge is -2.23. The Bertz CT molecular complexity index is 533. The van der Waals surface area contributed by atoms with Crippen LogP contribution in [0.5, 0.6) is 5.75 Å². The molecule has 0 bridgehead atoms. The van der Waals surface area contributed by atoms with Crippen molar-refractivity contribution in [3.63, 3.8) is 0 Å². The molecule has 1 heterocycles. The molecular weight excluding hydrogens is 312 g/mol. The van der Waals surface area contributed by atoms with Crippen LogP contribution in [-0.4, -0.2) is 36.8 Å². The number of nitrogens with one attached hydrogen (secondary N) is 1. The third kappa shape index (κ3) is 4.84. The van der Waals surface area contributed by atoms with Gasteiger partial charge in [-0.05, 0) is 31.0 Å². The fraction of sp³-hybridized carbons (Fsp3) is 0.429. The van der Waals surface area contributed by atoms with E-state index in [2.05, 4.69) is 5.32 Å². The van der Waals surface area contributed by atoms with Crippen LogP contribution in [0.3, 0.4) is 0 Å². The van der Waals surface area contributed by atoms with Crippen molar-refractivity contribution in [2.24, 2.45) is 5.73 Å². The minimum Gasteiger partial charge on any atom is -0.482 e. The Balaban J connectivity index is 1.84. The normalized spacial score (nSPS) is 15.5. The minimum absolute atomic E-state index is 0.0799. The van der Waals surface area contributed by atoms with Crippen LogP contribution in [0.25, 0.3) is 0 Å². The standard InChI is InChI=1S/C14H17ClN2O3S/c15-11-7-9(14(16)21)1-2-12(11)20-8-13(18)17-10-3-5-19-6-4-10/h1-2,7,10H,3-6,8H2,(H2,16,21)(H,17,18). The van der Waals surface area contributed by atoms with Crippen molar-refractivity contribution in [1.82, 2.24) is 5.32 Å². The lowest BCUT2D eigenvalue weighted by atomic mass is 10.1. The van der Waals surface area contributed by atoms with E-state index in [9.17, 15) is 4.79 Å². The van der Waals surface area contributed by atoms with Gasteiger partial charge in [-0.3, -0.25) is 4.79 Å². The summed E-state index contributed by atoms with van der Waals surface area (Å²) in [5, 5.41) is 3.28. The second-order valence-electron chi connectivity index (χ2n) is 4.75. The fourth-order valence-electron chi connectivity index (χ4n) is 2.03. The van der Waals surface area contributed by atoms with Crippen molar-refractivity contribution < 1.29 is 14.3 Å². The number of hydrogen-bond acceptors (Lipinski definition) is 4. The lowest BCUT2D eigenvalue weighted by Crippen LogP contribution is -2.41. The molecule has 1 aromatic carbocycles. The molecular formula is C14H17ClN2O3S. The zero-order valence-electron chi connectivity index (χ0n) is 11.4. The van der Waals surface area contributed by atoms with E-state index < -0.39 is 0 Å². The molecule has 5 nitrogen and oxygen atoms in total. The van der Waals surface area contributed by atoms with Crippen LogP contribution in [0.2, 0.25) is 5.02 Å². The average Bonchev–Trinajstić information content (AvgIpc) is 2.47. The maximum Gasteiger partial charge on any atom is 0.258 e. The van der Waals surface area contributed by atoms with Gasteiger partial charge in [-0.15, -0.1) is 0 Å². The predicted molar refractivity (Wildman–Crippen MR) is 84.8 cm³/mol. The maximum atomic E-state index is 11.8. The van der Waals surface area contributed by atoms with E-state index in [-0.39, 0.29) is 23.5 Å². The quantitative estimate of drug-likeness (QED) is 0.804. The number of amides is 1. The first-order valence-electron chi connectivity index (χ1n) is 6.65. The first-order chi connectivity index (χ1) is 10.1. The highest BCUT2D eigenvalue weighted by Gasteiger charge is 2.16. The van der Waals surface area contributed by atoms with Gasteiger partial charge >= 0.3 is 0 Å². The fourth-order valence-corrected chi connectivity index (χ4v) is 2.39. The Morgan fingerprint density at radius 2 is 2.19 bits per heavy atom. The van der Waals surface area contributed by atoms with Gasteiger partial charge in [0.15, 0.2) is 6.61 Å². The summed E-state index contributed by atoms with van der Waals surface area (Å²) >= 11 is 10.9. The highest BCUT2D eigenvalue weighted by atomic mass is 35.5. The summed E-state index contributed by atoms with van der Waals surface area (Å²) in [5.41, 5.74) is 6.18. The Morgan fingerprint density at radius 1 is 1.48 bits per heavy atom. The number of hydrogen-bond donors (Lipinski definition) is 2. The highest BCUT2D eigenvalue weighted by Crippen LogP contribution is 2.25. The van der Waals surface area contributed by atoms with Gasteiger partial charge in [0.1, 0.15) is 10.7 Å². The van der Waals surface area contributed by atoms with E-state index in [0.29, 0.717) is 29.5 Å². The second kappa shape index (κ2) is 7.59. The molecule has 3 N–H and O–H groups in total. The van der Waals surface area contributed by atoms with E-state index >= 15 is 0 Å². The number of benzene rings is 1. The van der Waals surface area contributed by atoms with Crippen LogP contribution in [-0.2, 0) is 9.53 Å². The van der Waals surface area contributed by atoms with Gasteiger partial charge in [-0.25, -0.2) is 0 Å². The van der Waals surface area contributed by atoms with Gasteiger partial charge in [0, 0.05) is 24.8 Å². The van der Waals surface area contributed by atoms with Crippen molar-refractivity contribution in [2.75, 3.05) is 19.8 Å². The largest absolute Gasteiger partial charge is 0.482 e. The molecule has 0 aliphatic carbocycles. The summed E-state index contributed by atoms with van der Waals surface area (Å²) in [4.78, 5) is 12.1. The predicted octanol–water partition coefficient (Wildman–Crippen LogP) is 1.65. The molecule has 1 aliphatic heterocycles. The molecule has 0 atom stereocenters. The molecule has 0 aromatic heterocycles. The van der Waals surface area contributed by atoms with Crippen molar-refractivity contribution in [2.45, 2.75) is 18.9 Å². The molecule has 21 heavy (non-hydrogen) atoms. The van der Waals surface area contributed by atoms with E-state index in [1.165, 1.54) is 0 Å². The van der Waals surface area contributed by atoms with Gasteiger partial charge in [0.2, 0.25) is 0 Å². The van der Waals surface area contributed by atoms with Gasteiger partial charge in [-0.1, -0.05) is 23.8 Å². The summed E-state index contributed by atoms with van der Waals surface area (Å²) in [6, 6.07) is 5.14. The summed E-state index contributed by atoms with van der Waals surface area (Å²) < 4.78 is 10.7. The van der Waals surface area contributed by atoms with Crippen LogP contribution in [0.1, 0.15) is 18.4 Å². The van der Waals surface area contributed by atoms with Crippen molar-refractivity contribution >= 4 is 34.7 Å². The van der Waals surface area contributed by atoms with Crippen LogP contribution in [0, 0.1) is 0 Å². The van der Waals surface area contributed by atoms with Crippen molar-refractivity contribution in [3.8, 4) is 5.75 Å². The van der Waals surface area contributed by atoms with E-state index in [1.807, 2.05) is 0 Å². The maximum absolute atomic E-state index is 11.8. The van der Waals surface area contributed by atoms with Crippen LogP contribution in [0.15, 0.2) is 18.2 Å². The number of ether oxygens (including phenoxy) is 2. The molecule has 114 valence electrons. The lowest BCUT2D eigenvalue weighted by molar-refractivity contribution is -0.124. The SMILES string of the molecule is NC(=S)c1ccc(OCC(=O)NC2CCOCC2)c(Cl)c1. The second-order valence-corrected chi connectivity index (χ2v) is 5.60. The van der Waals surface area contributed by atoms with Crippen LogP contribution >= 0.6 is 23.8 Å². The third-order valence-electron chi connectivity index (χ3n) is 3.16. The van der Waals surface area contributed by atoms with Crippen molar-refractivity contribution in [3.05, 3.63) is 28.8 Å². The van der Waals surface area contributed by atoms with Gasteiger partial charge in [-0.2, -0.15) is 0 Å². The summed E-state index contributed by atoms with van der Waals surface area (Å²) in [7, 11) is 0. The molecule has 0 saturated carbocycles. The monoisotopic (exact) mass is 328 g/mol. The molecule has 1 fully saturated rings.